The minimum atomic E-state index is -4.97. The smallest absolute Gasteiger partial charge is 0.338 e. The molecule has 0 spiro atoms. The van der Waals surface area contributed by atoms with Gasteiger partial charge in [0.15, 0.2) is 0 Å². The highest BCUT2D eigenvalue weighted by molar-refractivity contribution is 5.84. The fourth-order valence-corrected chi connectivity index (χ4v) is 1.25. The molecule has 0 aliphatic heterocycles. The molecule has 0 heterocycles. The van der Waals surface area contributed by atoms with Gasteiger partial charge in [-0.05, 0) is 12.0 Å². The summed E-state index contributed by atoms with van der Waals surface area (Å²) in [6, 6.07) is 7.29. The Bertz CT molecular complexity index is 389. The van der Waals surface area contributed by atoms with E-state index in [9.17, 15) is 22.8 Å². The monoisotopic (exact) mass is 245 g/mol. The second-order valence-electron chi connectivity index (χ2n) is 3.40. The third-order valence-electron chi connectivity index (χ3n) is 2.04. The number of carbonyl (C=O) groups excluding carboxylic acids is 2. The highest BCUT2D eigenvalue weighted by Crippen LogP contribution is 2.14. The Labute approximate surface area is 95.6 Å². The van der Waals surface area contributed by atoms with Crippen LogP contribution in [0.3, 0.4) is 0 Å². The van der Waals surface area contributed by atoms with E-state index in [2.05, 4.69) is 0 Å². The number of carbonyl (C=O) groups is 2. The minimum Gasteiger partial charge on any atom is -0.338 e. The van der Waals surface area contributed by atoms with Crippen LogP contribution >= 0.6 is 0 Å². The number of alkyl halides is 3. The van der Waals surface area contributed by atoms with E-state index in [1.54, 1.807) is 35.6 Å². The van der Waals surface area contributed by atoms with Crippen molar-refractivity contribution < 1.29 is 22.8 Å². The summed E-state index contributed by atoms with van der Waals surface area (Å²) in [5, 5.41) is 1.62. The van der Waals surface area contributed by atoms with Crippen LogP contribution in [0.25, 0.3) is 0 Å². The predicted molar refractivity (Wildman–Crippen MR) is 54.2 cm³/mol. The van der Waals surface area contributed by atoms with Crippen LogP contribution in [-0.4, -0.2) is 24.4 Å². The summed E-state index contributed by atoms with van der Waals surface area (Å²) >= 11 is 0. The lowest BCUT2D eigenvalue weighted by molar-refractivity contribution is -0.174. The summed E-state index contributed by atoms with van der Waals surface area (Å²) in [4.78, 5) is 21.2. The molecule has 1 atom stereocenters. The number of nitrogens with one attached hydrogen (secondary N) is 1. The van der Waals surface area contributed by atoms with Crippen LogP contribution in [0.1, 0.15) is 5.56 Å². The first-order valence-electron chi connectivity index (χ1n) is 4.80. The van der Waals surface area contributed by atoms with Gasteiger partial charge in [0, 0.05) is 0 Å². The van der Waals surface area contributed by atoms with E-state index < -0.39 is 18.1 Å². The molecule has 0 aliphatic rings. The molecule has 0 aliphatic carbocycles. The lowest BCUT2D eigenvalue weighted by Gasteiger charge is -2.14. The van der Waals surface area contributed by atoms with Gasteiger partial charge in [0.2, 0.25) is 0 Å². The molecule has 0 radical (unpaired) electrons. The van der Waals surface area contributed by atoms with Gasteiger partial charge < -0.3 is 10.1 Å². The maximum absolute atomic E-state index is 12.0. The van der Waals surface area contributed by atoms with Crippen molar-refractivity contribution in [3.8, 4) is 0 Å². The van der Waals surface area contributed by atoms with Crippen molar-refractivity contribution in [2.24, 2.45) is 0 Å². The maximum atomic E-state index is 12.0. The van der Waals surface area contributed by atoms with Gasteiger partial charge in [0.05, 0.1) is 6.04 Å². The molecule has 1 amide bonds. The first-order valence-corrected chi connectivity index (χ1v) is 4.80. The summed E-state index contributed by atoms with van der Waals surface area (Å²) in [6.45, 7) is 0. The molecule has 0 unspecified atom stereocenters. The molecule has 1 aromatic carbocycles. The van der Waals surface area contributed by atoms with Crippen molar-refractivity contribution in [1.29, 1.82) is 0 Å². The molecule has 0 bridgehead atoms. The molecule has 1 aromatic rings. The third-order valence-corrected chi connectivity index (χ3v) is 2.04. The van der Waals surface area contributed by atoms with E-state index in [0.29, 0.717) is 5.56 Å². The van der Waals surface area contributed by atoms with E-state index >= 15 is 0 Å². The number of benzene rings is 1. The highest BCUT2D eigenvalue weighted by atomic mass is 19.4. The van der Waals surface area contributed by atoms with Crippen LogP contribution in [0.15, 0.2) is 30.3 Å². The molecule has 17 heavy (non-hydrogen) atoms. The summed E-state index contributed by atoms with van der Waals surface area (Å²) in [7, 11) is 0. The zero-order valence-electron chi connectivity index (χ0n) is 8.70. The van der Waals surface area contributed by atoms with Crippen LogP contribution in [0.5, 0.6) is 0 Å². The molecule has 0 fully saturated rings. The van der Waals surface area contributed by atoms with Gasteiger partial charge >= 0.3 is 12.1 Å². The fourth-order valence-electron chi connectivity index (χ4n) is 1.25. The molecule has 0 saturated heterocycles. The molecule has 6 heteroatoms. The Balaban J connectivity index is 2.62. The second kappa shape index (κ2) is 5.47. The number of aldehydes is 1. The van der Waals surface area contributed by atoms with Crippen LogP contribution in [-0.2, 0) is 16.0 Å². The first-order chi connectivity index (χ1) is 7.93. The number of hydrogen-bond acceptors (Lipinski definition) is 2. The summed E-state index contributed by atoms with van der Waals surface area (Å²) in [5.74, 6) is -2.11. The van der Waals surface area contributed by atoms with E-state index in [1.807, 2.05) is 0 Å². The highest BCUT2D eigenvalue weighted by Gasteiger charge is 2.39. The standard InChI is InChI=1S/C11H10F3NO2/c12-11(13,14)10(17)15-9(7-16)6-8-4-2-1-3-5-8/h1-5,7,9H,6H2,(H,15,17)/t9-/m1/s1. The Kier molecular flexibility index (Phi) is 4.25. The van der Waals surface area contributed by atoms with Crippen molar-refractivity contribution in [1.82, 2.24) is 5.32 Å². The minimum absolute atomic E-state index is 0.0339. The zero-order chi connectivity index (χ0) is 12.9. The van der Waals surface area contributed by atoms with Crippen LogP contribution in [0.2, 0.25) is 0 Å². The van der Waals surface area contributed by atoms with E-state index in [4.69, 9.17) is 0 Å². The van der Waals surface area contributed by atoms with Crippen molar-refractivity contribution in [3.63, 3.8) is 0 Å². The van der Waals surface area contributed by atoms with E-state index in [0.717, 1.165) is 0 Å². The van der Waals surface area contributed by atoms with Gasteiger partial charge in [-0.2, -0.15) is 13.2 Å². The topological polar surface area (TPSA) is 46.2 Å². The molecule has 92 valence electrons. The summed E-state index contributed by atoms with van der Waals surface area (Å²) < 4.78 is 35.9. The van der Waals surface area contributed by atoms with Gasteiger partial charge in [0.1, 0.15) is 6.29 Å². The van der Waals surface area contributed by atoms with E-state index in [-0.39, 0.29) is 12.7 Å². The lowest BCUT2D eigenvalue weighted by atomic mass is 10.1. The third kappa shape index (κ3) is 4.26. The first kappa shape index (κ1) is 13.2. The van der Waals surface area contributed by atoms with Crippen LogP contribution in [0, 0.1) is 0 Å². The van der Waals surface area contributed by atoms with Crippen molar-refractivity contribution in [2.75, 3.05) is 0 Å². The van der Waals surface area contributed by atoms with Crippen LogP contribution in [0.4, 0.5) is 13.2 Å². The van der Waals surface area contributed by atoms with Gasteiger partial charge in [-0.1, -0.05) is 30.3 Å². The quantitative estimate of drug-likeness (QED) is 0.816. The SMILES string of the molecule is O=C[C@@H](Cc1ccccc1)NC(=O)C(F)(F)F. The predicted octanol–water partition coefficient (Wildman–Crippen LogP) is 1.48. The van der Waals surface area contributed by atoms with Crippen molar-refractivity contribution in [3.05, 3.63) is 35.9 Å². The molecule has 3 nitrogen and oxygen atoms in total. The normalized spacial score (nSPS) is 12.9. The maximum Gasteiger partial charge on any atom is 0.471 e. The average molecular weight is 245 g/mol. The molecule has 1 rings (SSSR count). The Morgan fingerprint density at radius 3 is 2.35 bits per heavy atom. The van der Waals surface area contributed by atoms with E-state index in [1.165, 1.54) is 0 Å². The Hall–Kier alpha value is -1.85. The average Bonchev–Trinajstić information content (AvgIpc) is 2.28. The number of rotatable bonds is 4. The van der Waals surface area contributed by atoms with Gasteiger partial charge in [-0.15, -0.1) is 0 Å². The van der Waals surface area contributed by atoms with Gasteiger partial charge in [0.25, 0.3) is 0 Å². The summed E-state index contributed by atoms with van der Waals surface area (Å²) in [6.07, 6.45) is -4.65. The Morgan fingerprint density at radius 1 is 1.29 bits per heavy atom. The Morgan fingerprint density at radius 2 is 1.88 bits per heavy atom. The fraction of sp³-hybridized carbons (Fsp3) is 0.273. The lowest BCUT2D eigenvalue weighted by Crippen LogP contribution is -2.44. The number of hydrogen-bond donors (Lipinski definition) is 1. The molecule has 0 aromatic heterocycles. The van der Waals surface area contributed by atoms with Crippen molar-refractivity contribution >= 4 is 12.2 Å². The summed E-state index contributed by atoms with van der Waals surface area (Å²) in [5.41, 5.74) is 0.673. The van der Waals surface area contributed by atoms with Gasteiger partial charge in [-0.3, -0.25) is 4.79 Å². The van der Waals surface area contributed by atoms with Gasteiger partial charge in [-0.25, -0.2) is 0 Å². The number of halogens is 3. The van der Waals surface area contributed by atoms with Crippen LogP contribution < -0.4 is 5.32 Å². The van der Waals surface area contributed by atoms with Crippen molar-refractivity contribution in [2.45, 2.75) is 18.6 Å². The molecular weight excluding hydrogens is 235 g/mol. The zero-order valence-corrected chi connectivity index (χ0v) is 8.70. The molecule has 1 N–H and O–H groups in total. The second-order valence-corrected chi connectivity index (χ2v) is 3.40. The number of amides is 1. The molecule has 0 saturated carbocycles. The molecular formula is C11H10F3NO2. The largest absolute Gasteiger partial charge is 0.471 e.